The lowest BCUT2D eigenvalue weighted by Crippen LogP contribution is -2.25. The van der Waals surface area contributed by atoms with E-state index in [1.54, 1.807) is 0 Å². The summed E-state index contributed by atoms with van der Waals surface area (Å²) >= 11 is 0. The average molecular weight is 685 g/mol. The molecular weight excluding hydrogens is 612 g/mol. The molecule has 0 aromatic heterocycles. The number of rotatable bonds is 34. The lowest BCUT2D eigenvalue weighted by atomic mass is 10.0. The molecule has 1 aliphatic heterocycles. The smallest absolute Gasteiger partial charge is 0.306 e. The van der Waals surface area contributed by atoms with E-state index >= 15 is 0 Å². The Morgan fingerprint density at radius 3 is 1.45 bits per heavy atom. The van der Waals surface area contributed by atoms with Crippen LogP contribution in [-0.2, 0) is 23.8 Å². The summed E-state index contributed by atoms with van der Waals surface area (Å²) < 4.78 is 15.9. The molecule has 1 fully saturated rings. The minimum Gasteiger partial charge on any atom is -0.463 e. The zero-order valence-electron chi connectivity index (χ0n) is 31.4. The van der Waals surface area contributed by atoms with Gasteiger partial charge in [0, 0.05) is 12.8 Å². The molecule has 0 amide bonds. The second-order valence-corrected chi connectivity index (χ2v) is 13.4. The van der Waals surface area contributed by atoms with Crippen molar-refractivity contribution in [2.24, 2.45) is 0 Å². The highest BCUT2D eigenvalue weighted by Crippen LogP contribution is 2.29. The van der Waals surface area contributed by atoms with Crippen LogP contribution in [-0.4, -0.2) is 48.6 Å². The third kappa shape index (κ3) is 31.3. The third-order valence-corrected chi connectivity index (χ3v) is 8.68. The van der Waals surface area contributed by atoms with Crippen LogP contribution in [0.4, 0.5) is 0 Å². The molecule has 280 valence electrons. The fourth-order valence-corrected chi connectivity index (χ4v) is 5.56. The summed E-state index contributed by atoms with van der Waals surface area (Å²) in [6.07, 6.45) is 47.5. The van der Waals surface area contributed by atoms with Gasteiger partial charge in [-0.15, -0.1) is 0 Å². The van der Waals surface area contributed by atoms with E-state index in [-0.39, 0.29) is 31.6 Å². The predicted molar refractivity (Wildman–Crippen MR) is 204 cm³/mol. The van der Waals surface area contributed by atoms with Gasteiger partial charge in [-0.2, -0.15) is 0 Å². The predicted octanol–water partition coefficient (Wildman–Crippen LogP) is 11.4. The minimum atomic E-state index is -0.997. The summed E-state index contributed by atoms with van der Waals surface area (Å²) in [6.45, 7) is 4.11. The van der Waals surface area contributed by atoms with Gasteiger partial charge in [0.15, 0.2) is 0 Å². The molecule has 1 rings (SSSR count). The highest BCUT2D eigenvalue weighted by molar-refractivity contribution is 5.70. The second kappa shape index (κ2) is 34.0. The van der Waals surface area contributed by atoms with E-state index in [9.17, 15) is 14.7 Å². The largest absolute Gasteiger partial charge is 0.463 e. The molecule has 0 aliphatic carbocycles. The molecule has 3 atom stereocenters. The summed E-state index contributed by atoms with van der Waals surface area (Å²) in [6, 6.07) is 0. The molecule has 1 saturated heterocycles. The van der Waals surface area contributed by atoms with Gasteiger partial charge in [-0.3, -0.25) is 9.59 Å². The molecule has 0 aromatic rings. The zero-order chi connectivity index (χ0) is 35.5. The van der Waals surface area contributed by atoms with Crippen molar-refractivity contribution in [2.45, 2.75) is 186 Å². The van der Waals surface area contributed by atoms with Crippen molar-refractivity contribution in [2.75, 3.05) is 13.2 Å². The maximum absolute atomic E-state index is 12.0. The first-order valence-electron chi connectivity index (χ1n) is 20.0. The molecule has 49 heavy (non-hydrogen) atoms. The Morgan fingerprint density at radius 1 is 0.551 bits per heavy atom. The van der Waals surface area contributed by atoms with Crippen LogP contribution in [0, 0.1) is 0 Å². The van der Waals surface area contributed by atoms with Gasteiger partial charge in [-0.25, -0.2) is 0 Å². The fourth-order valence-electron chi connectivity index (χ4n) is 5.56. The number of aliphatic hydroxyl groups is 1. The maximum atomic E-state index is 12.0. The molecule has 0 aromatic carbocycles. The highest BCUT2D eigenvalue weighted by Gasteiger charge is 2.35. The Labute approximate surface area is 300 Å². The minimum absolute atomic E-state index is 0.142. The van der Waals surface area contributed by atoms with Gasteiger partial charge in [-0.05, 0) is 51.4 Å². The maximum Gasteiger partial charge on any atom is 0.306 e. The molecule has 1 N–H and O–H groups in total. The van der Waals surface area contributed by atoms with Gasteiger partial charge in [0.2, 0.25) is 0 Å². The summed E-state index contributed by atoms with van der Waals surface area (Å²) in [7, 11) is 0. The Balaban J connectivity index is 1.87. The SMILES string of the molecule is CC/C=C\CC1OC1C/C=C\C/C=C\C/C=C\C/C=C\CCC(=O)OC[C@@H](O)COC(=O)CCCCCCCCCCCCCCCCC. The monoisotopic (exact) mass is 685 g/mol. The van der Waals surface area contributed by atoms with Crippen LogP contribution < -0.4 is 0 Å². The first-order valence-corrected chi connectivity index (χ1v) is 20.0. The van der Waals surface area contributed by atoms with Crippen LogP contribution in [0.25, 0.3) is 0 Å². The Bertz CT molecular complexity index is 933. The standard InChI is InChI=1S/C43H72O6/c1-3-5-7-8-9-10-11-12-13-14-18-21-24-27-31-35-42(45)47-37-39(44)38-48-43(46)36-32-28-25-22-19-16-15-17-20-23-26-30-34-41-40(49-41)33-29-6-4-2/h6,16-17,19-20,25-26,28-30,39-41,44H,3-5,7-15,18,21-24,27,31-38H2,1-2H3/b19-16-,20-17-,28-25-,29-6-,30-26-/t39-,40?,41?/m0/s1. The van der Waals surface area contributed by atoms with Crippen molar-refractivity contribution in [1.29, 1.82) is 0 Å². The number of carbonyl (C=O) groups is 2. The van der Waals surface area contributed by atoms with Crippen LogP contribution in [0.5, 0.6) is 0 Å². The molecule has 2 unspecified atom stereocenters. The van der Waals surface area contributed by atoms with E-state index in [4.69, 9.17) is 14.2 Å². The van der Waals surface area contributed by atoms with Crippen LogP contribution in [0.1, 0.15) is 168 Å². The van der Waals surface area contributed by atoms with Gasteiger partial charge in [0.25, 0.3) is 0 Å². The van der Waals surface area contributed by atoms with Gasteiger partial charge >= 0.3 is 11.9 Å². The average Bonchev–Trinajstić information content (AvgIpc) is 3.86. The number of aliphatic hydroxyl groups excluding tert-OH is 1. The van der Waals surface area contributed by atoms with Crippen molar-refractivity contribution in [1.82, 2.24) is 0 Å². The van der Waals surface area contributed by atoms with Gasteiger partial charge in [0.1, 0.15) is 19.3 Å². The fraction of sp³-hybridized carbons (Fsp3) is 0.721. The van der Waals surface area contributed by atoms with Gasteiger partial charge in [0.05, 0.1) is 12.2 Å². The highest BCUT2D eigenvalue weighted by atomic mass is 16.6. The molecular formula is C43H72O6. The number of epoxide rings is 1. The zero-order valence-corrected chi connectivity index (χ0v) is 31.4. The van der Waals surface area contributed by atoms with Gasteiger partial charge < -0.3 is 19.3 Å². The van der Waals surface area contributed by atoms with Crippen LogP contribution in [0.15, 0.2) is 60.8 Å². The quantitative estimate of drug-likeness (QED) is 0.0314. The van der Waals surface area contributed by atoms with Crippen LogP contribution >= 0.6 is 0 Å². The number of hydrogen-bond acceptors (Lipinski definition) is 6. The van der Waals surface area contributed by atoms with Crippen LogP contribution in [0.3, 0.4) is 0 Å². The summed E-state index contributed by atoms with van der Waals surface area (Å²) in [5, 5.41) is 10.0. The van der Waals surface area contributed by atoms with E-state index in [0.29, 0.717) is 25.0 Å². The van der Waals surface area contributed by atoms with Crippen LogP contribution in [0.2, 0.25) is 0 Å². The lowest BCUT2D eigenvalue weighted by Gasteiger charge is -2.12. The normalized spacial score (nSPS) is 17.0. The summed E-state index contributed by atoms with van der Waals surface area (Å²) in [5.41, 5.74) is 0. The first kappa shape index (κ1) is 44.6. The number of esters is 2. The first-order chi connectivity index (χ1) is 24.1. The van der Waals surface area contributed by atoms with Crippen molar-refractivity contribution >= 4 is 11.9 Å². The third-order valence-electron chi connectivity index (χ3n) is 8.68. The number of allylic oxidation sites excluding steroid dienone is 8. The van der Waals surface area contributed by atoms with Crippen molar-refractivity contribution in [3.8, 4) is 0 Å². The Hall–Kier alpha value is -2.44. The molecule has 0 radical (unpaired) electrons. The summed E-state index contributed by atoms with van der Waals surface area (Å²) in [5.74, 6) is -0.664. The van der Waals surface area contributed by atoms with E-state index in [0.717, 1.165) is 57.8 Å². The molecule has 0 bridgehead atoms. The lowest BCUT2D eigenvalue weighted by molar-refractivity contribution is -0.152. The number of unbranched alkanes of at least 4 members (excludes halogenated alkanes) is 14. The molecule has 0 saturated carbocycles. The van der Waals surface area contributed by atoms with Crippen molar-refractivity contribution < 1.29 is 28.9 Å². The number of ether oxygens (including phenoxy) is 3. The van der Waals surface area contributed by atoms with E-state index in [1.165, 1.54) is 77.0 Å². The molecule has 1 aliphatic rings. The molecule has 6 nitrogen and oxygen atoms in total. The van der Waals surface area contributed by atoms with Crippen molar-refractivity contribution in [3.63, 3.8) is 0 Å². The second-order valence-electron chi connectivity index (χ2n) is 13.4. The van der Waals surface area contributed by atoms with Gasteiger partial charge in [-0.1, -0.05) is 164 Å². The molecule has 0 spiro atoms. The molecule has 1 heterocycles. The number of hydrogen-bond donors (Lipinski definition) is 1. The molecule has 6 heteroatoms. The van der Waals surface area contributed by atoms with E-state index in [1.807, 2.05) is 12.2 Å². The Morgan fingerprint density at radius 2 is 0.959 bits per heavy atom. The van der Waals surface area contributed by atoms with E-state index < -0.39 is 6.10 Å². The number of carbonyl (C=O) groups excluding carboxylic acids is 2. The summed E-state index contributed by atoms with van der Waals surface area (Å²) in [4.78, 5) is 23.9. The Kier molecular flexibility index (Phi) is 31.0. The van der Waals surface area contributed by atoms with Crippen molar-refractivity contribution in [3.05, 3.63) is 60.8 Å². The van der Waals surface area contributed by atoms with E-state index in [2.05, 4.69) is 62.5 Å². The topological polar surface area (TPSA) is 85.4 Å².